The van der Waals surface area contributed by atoms with Crippen molar-refractivity contribution in [1.29, 1.82) is 0 Å². The molecular weight excluding hydrogens is 284 g/mol. The van der Waals surface area contributed by atoms with Crippen molar-refractivity contribution in [2.24, 2.45) is 0 Å². The van der Waals surface area contributed by atoms with Crippen molar-refractivity contribution in [3.8, 4) is 0 Å². The SMILES string of the molecule is CN1CCCC(N(C)c2ccc(Cl)c(CNC3CC3)n2)C1. The van der Waals surface area contributed by atoms with Gasteiger partial charge in [-0.2, -0.15) is 0 Å². The lowest BCUT2D eigenvalue weighted by Crippen LogP contribution is -2.45. The smallest absolute Gasteiger partial charge is 0.129 e. The molecule has 116 valence electrons. The molecule has 2 heterocycles. The minimum absolute atomic E-state index is 0.543. The third-order valence-electron chi connectivity index (χ3n) is 4.55. The Balaban J connectivity index is 1.69. The Morgan fingerprint density at radius 3 is 2.90 bits per heavy atom. The van der Waals surface area contributed by atoms with Gasteiger partial charge in [0.25, 0.3) is 0 Å². The molecule has 1 saturated carbocycles. The molecule has 2 fully saturated rings. The molecular formula is C16H25ClN4. The highest BCUT2D eigenvalue weighted by Crippen LogP contribution is 2.24. The second-order valence-electron chi connectivity index (χ2n) is 6.42. The van der Waals surface area contributed by atoms with Crippen molar-refractivity contribution in [2.75, 3.05) is 32.1 Å². The Kier molecular flexibility index (Phi) is 4.67. The van der Waals surface area contributed by atoms with Crippen molar-refractivity contribution in [3.05, 3.63) is 22.8 Å². The van der Waals surface area contributed by atoms with E-state index in [1.807, 2.05) is 12.1 Å². The zero-order valence-corrected chi connectivity index (χ0v) is 13.7. The van der Waals surface area contributed by atoms with Crippen LogP contribution in [0.15, 0.2) is 12.1 Å². The van der Waals surface area contributed by atoms with E-state index in [9.17, 15) is 0 Å². The van der Waals surface area contributed by atoms with Crippen LogP contribution in [0.4, 0.5) is 5.82 Å². The minimum Gasteiger partial charge on any atom is -0.355 e. The fraction of sp³-hybridized carbons (Fsp3) is 0.688. The van der Waals surface area contributed by atoms with Gasteiger partial charge in [0.15, 0.2) is 0 Å². The number of hydrogen-bond donors (Lipinski definition) is 1. The molecule has 1 unspecified atom stereocenters. The summed E-state index contributed by atoms with van der Waals surface area (Å²) in [5, 5.41) is 4.26. The van der Waals surface area contributed by atoms with Crippen LogP contribution in [0.25, 0.3) is 0 Å². The third-order valence-corrected chi connectivity index (χ3v) is 4.89. The molecule has 1 aliphatic heterocycles. The number of pyridine rings is 1. The number of piperidine rings is 1. The number of nitrogens with one attached hydrogen (secondary N) is 1. The Morgan fingerprint density at radius 1 is 1.38 bits per heavy atom. The first-order valence-corrected chi connectivity index (χ1v) is 8.31. The zero-order chi connectivity index (χ0) is 14.8. The maximum Gasteiger partial charge on any atom is 0.129 e. The van der Waals surface area contributed by atoms with Gasteiger partial charge in [0, 0.05) is 32.2 Å². The third kappa shape index (κ3) is 3.87. The maximum absolute atomic E-state index is 6.28. The summed E-state index contributed by atoms with van der Waals surface area (Å²) in [6.07, 6.45) is 5.06. The van der Waals surface area contributed by atoms with E-state index >= 15 is 0 Å². The highest BCUT2D eigenvalue weighted by molar-refractivity contribution is 6.31. The Labute approximate surface area is 132 Å². The first-order chi connectivity index (χ1) is 10.1. The van der Waals surface area contributed by atoms with Gasteiger partial charge >= 0.3 is 0 Å². The number of aromatic nitrogens is 1. The lowest BCUT2D eigenvalue weighted by molar-refractivity contribution is 0.247. The largest absolute Gasteiger partial charge is 0.355 e. The van der Waals surface area contributed by atoms with Crippen LogP contribution in [0.1, 0.15) is 31.4 Å². The summed E-state index contributed by atoms with van der Waals surface area (Å²) >= 11 is 6.28. The van der Waals surface area contributed by atoms with E-state index in [1.54, 1.807) is 0 Å². The Bertz CT molecular complexity index is 489. The standard InChI is InChI=1S/C16H25ClN4/c1-20-9-3-4-13(11-20)21(2)16-8-7-14(17)15(19-16)10-18-12-5-6-12/h7-8,12-13,18H,3-6,9-11H2,1-2H3. The fourth-order valence-electron chi connectivity index (χ4n) is 2.96. The molecule has 1 aromatic heterocycles. The van der Waals surface area contributed by atoms with Crippen LogP contribution in [0.5, 0.6) is 0 Å². The molecule has 0 radical (unpaired) electrons. The van der Waals surface area contributed by atoms with E-state index < -0.39 is 0 Å². The molecule has 1 aliphatic carbocycles. The number of likely N-dealkylation sites (N-methyl/N-ethyl adjacent to an activating group) is 2. The molecule has 21 heavy (non-hydrogen) atoms. The summed E-state index contributed by atoms with van der Waals surface area (Å²) in [6, 6.07) is 5.24. The zero-order valence-electron chi connectivity index (χ0n) is 13.0. The fourth-order valence-corrected chi connectivity index (χ4v) is 3.14. The maximum atomic E-state index is 6.28. The second kappa shape index (κ2) is 6.51. The average Bonchev–Trinajstić information content (AvgIpc) is 3.30. The number of likely N-dealkylation sites (tertiary alicyclic amines) is 1. The molecule has 0 aromatic carbocycles. The van der Waals surface area contributed by atoms with E-state index in [1.165, 1.54) is 32.2 Å². The van der Waals surface area contributed by atoms with Crippen LogP contribution in [-0.4, -0.2) is 49.2 Å². The quantitative estimate of drug-likeness (QED) is 0.906. The van der Waals surface area contributed by atoms with Gasteiger partial charge in [0.1, 0.15) is 5.82 Å². The van der Waals surface area contributed by atoms with E-state index in [0.29, 0.717) is 12.1 Å². The number of nitrogens with zero attached hydrogens (tertiary/aromatic N) is 3. The number of halogens is 1. The highest BCUT2D eigenvalue weighted by atomic mass is 35.5. The van der Waals surface area contributed by atoms with Crippen LogP contribution in [0, 0.1) is 0 Å². The number of hydrogen-bond acceptors (Lipinski definition) is 4. The first-order valence-electron chi connectivity index (χ1n) is 7.93. The van der Waals surface area contributed by atoms with Gasteiger partial charge < -0.3 is 15.1 Å². The molecule has 0 bridgehead atoms. The summed E-state index contributed by atoms with van der Waals surface area (Å²) in [4.78, 5) is 9.50. The normalized spacial score (nSPS) is 23.3. The molecule has 0 amide bonds. The minimum atomic E-state index is 0.543. The molecule has 1 atom stereocenters. The Morgan fingerprint density at radius 2 is 2.19 bits per heavy atom. The summed E-state index contributed by atoms with van der Waals surface area (Å²) in [5.41, 5.74) is 0.970. The molecule has 1 N–H and O–H groups in total. The number of anilines is 1. The average molecular weight is 309 g/mol. The van der Waals surface area contributed by atoms with Crippen LogP contribution < -0.4 is 10.2 Å². The lowest BCUT2D eigenvalue weighted by Gasteiger charge is -2.36. The summed E-state index contributed by atoms with van der Waals surface area (Å²) in [7, 11) is 4.35. The van der Waals surface area contributed by atoms with Crippen molar-refractivity contribution in [3.63, 3.8) is 0 Å². The first kappa shape index (κ1) is 15.1. The summed E-state index contributed by atoms with van der Waals surface area (Å²) < 4.78 is 0. The lowest BCUT2D eigenvalue weighted by atomic mass is 10.1. The molecule has 1 aromatic rings. The predicted octanol–water partition coefficient (Wildman–Crippen LogP) is 2.52. The topological polar surface area (TPSA) is 31.4 Å². The van der Waals surface area contributed by atoms with Crippen molar-refractivity contribution in [1.82, 2.24) is 15.2 Å². The summed E-state index contributed by atoms with van der Waals surface area (Å²) in [6.45, 7) is 3.08. The van der Waals surface area contributed by atoms with Gasteiger partial charge in [0.2, 0.25) is 0 Å². The van der Waals surface area contributed by atoms with E-state index in [-0.39, 0.29) is 0 Å². The number of rotatable bonds is 5. The molecule has 0 spiro atoms. The predicted molar refractivity (Wildman–Crippen MR) is 88.0 cm³/mol. The van der Waals surface area contributed by atoms with Crippen molar-refractivity contribution < 1.29 is 0 Å². The Hall–Kier alpha value is -0.840. The van der Waals surface area contributed by atoms with Crippen LogP contribution in [0.3, 0.4) is 0 Å². The second-order valence-corrected chi connectivity index (χ2v) is 6.83. The molecule has 3 rings (SSSR count). The van der Waals surface area contributed by atoms with Crippen LogP contribution >= 0.6 is 11.6 Å². The van der Waals surface area contributed by atoms with Gasteiger partial charge in [0.05, 0.1) is 10.7 Å². The molecule has 4 nitrogen and oxygen atoms in total. The van der Waals surface area contributed by atoms with Gasteiger partial charge in [-0.15, -0.1) is 0 Å². The van der Waals surface area contributed by atoms with Crippen molar-refractivity contribution in [2.45, 2.75) is 44.3 Å². The van der Waals surface area contributed by atoms with Crippen LogP contribution in [-0.2, 0) is 6.54 Å². The van der Waals surface area contributed by atoms with E-state index in [2.05, 4.69) is 29.2 Å². The van der Waals surface area contributed by atoms with E-state index in [4.69, 9.17) is 16.6 Å². The van der Waals surface area contributed by atoms with Crippen LogP contribution in [0.2, 0.25) is 5.02 Å². The van der Waals surface area contributed by atoms with Gasteiger partial charge in [-0.05, 0) is 51.4 Å². The highest BCUT2D eigenvalue weighted by Gasteiger charge is 2.23. The van der Waals surface area contributed by atoms with E-state index in [0.717, 1.165) is 29.6 Å². The van der Waals surface area contributed by atoms with Gasteiger partial charge in [-0.25, -0.2) is 4.98 Å². The van der Waals surface area contributed by atoms with Gasteiger partial charge in [-0.3, -0.25) is 0 Å². The molecule has 1 saturated heterocycles. The molecule has 5 heteroatoms. The van der Waals surface area contributed by atoms with Crippen molar-refractivity contribution >= 4 is 17.4 Å². The van der Waals surface area contributed by atoms with Gasteiger partial charge in [-0.1, -0.05) is 11.6 Å². The monoisotopic (exact) mass is 308 g/mol. The molecule has 2 aliphatic rings. The summed E-state index contributed by atoms with van der Waals surface area (Å²) in [5.74, 6) is 1.03.